The fourth-order valence-corrected chi connectivity index (χ4v) is 1.88. The van der Waals surface area contributed by atoms with Gasteiger partial charge in [-0.05, 0) is 37.0 Å². The Hall–Kier alpha value is -1.13. The third-order valence-electron chi connectivity index (χ3n) is 2.88. The van der Waals surface area contributed by atoms with E-state index in [9.17, 15) is 4.39 Å². The zero-order valence-corrected chi connectivity index (χ0v) is 9.69. The summed E-state index contributed by atoms with van der Waals surface area (Å²) in [6, 6.07) is 4.49. The van der Waals surface area contributed by atoms with E-state index in [1.807, 2.05) is 0 Å². The molecule has 2 rings (SSSR count). The maximum absolute atomic E-state index is 13.5. The van der Waals surface area contributed by atoms with E-state index < -0.39 is 5.82 Å². The van der Waals surface area contributed by atoms with Gasteiger partial charge in [0.1, 0.15) is 6.61 Å². The molecule has 1 aromatic carbocycles. The van der Waals surface area contributed by atoms with Gasteiger partial charge in [-0.3, -0.25) is 0 Å². The zero-order chi connectivity index (χ0) is 12.1. The van der Waals surface area contributed by atoms with Crippen LogP contribution in [0.5, 0.6) is 5.75 Å². The molecule has 1 aromatic rings. The summed E-state index contributed by atoms with van der Waals surface area (Å²) in [4.78, 5) is 0. The van der Waals surface area contributed by atoms with Crippen LogP contribution in [0, 0.1) is 5.82 Å². The second-order valence-corrected chi connectivity index (χ2v) is 4.22. The quantitative estimate of drug-likeness (QED) is 0.877. The van der Waals surface area contributed by atoms with E-state index in [-0.39, 0.29) is 18.5 Å². The standard InChI is InChI=1S/C13H17FO3/c14-12-7-10(8-15)4-5-13(12)17-9-11-3-1-2-6-16-11/h4-5,7,11,15H,1-3,6,8-9H2. The number of ether oxygens (including phenoxy) is 2. The van der Waals surface area contributed by atoms with E-state index in [0.29, 0.717) is 12.2 Å². The minimum Gasteiger partial charge on any atom is -0.488 e. The van der Waals surface area contributed by atoms with Crippen molar-refractivity contribution in [2.24, 2.45) is 0 Å². The largest absolute Gasteiger partial charge is 0.488 e. The summed E-state index contributed by atoms with van der Waals surface area (Å²) in [5.74, 6) is -0.219. The molecule has 0 saturated carbocycles. The van der Waals surface area contributed by atoms with Crippen molar-refractivity contribution in [1.29, 1.82) is 0 Å². The molecule has 94 valence electrons. The lowest BCUT2D eigenvalue weighted by molar-refractivity contribution is -0.0117. The van der Waals surface area contributed by atoms with E-state index >= 15 is 0 Å². The van der Waals surface area contributed by atoms with Gasteiger partial charge < -0.3 is 14.6 Å². The van der Waals surface area contributed by atoms with E-state index in [2.05, 4.69) is 0 Å². The number of rotatable bonds is 4. The number of benzene rings is 1. The average molecular weight is 240 g/mol. The Morgan fingerprint density at radius 1 is 1.41 bits per heavy atom. The number of aliphatic hydroxyl groups excluding tert-OH is 1. The molecule has 3 nitrogen and oxygen atoms in total. The Kier molecular flexibility index (Phi) is 4.34. The Morgan fingerprint density at radius 3 is 2.94 bits per heavy atom. The molecule has 1 unspecified atom stereocenters. The summed E-state index contributed by atoms with van der Waals surface area (Å²) >= 11 is 0. The number of halogens is 1. The molecule has 17 heavy (non-hydrogen) atoms. The number of hydrogen-bond donors (Lipinski definition) is 1. The monoisotopic (exact) mass is 240 g/mol. The first-order chi connectivity index (χ1) is 8.29. The first-order valence-electron chi connectivity index (χ1n) is 5.93. The predicted molar refractivity (Wildman–Crippen MR) is 61.4 cm³/mol. The minimum absolute atomic E-state index is 0.0701. The van der Waals surface area contributed by atoms with Gasteiger partial charge in [-0.2, -0.15) is 0 Å². The molecule has 1 aliphatic heterocycles. The number of hydrogen-bond acceptors (Lipinski definition) is 3. The van der Waals surface area contributed by atoms with Gasteiger partial charge in [0.05, 0.1) is 12.7 Å². The molecule has 1 saturated heterocycles. The minimum atomic E-state index is -0.438. The van der Waals surface area contributed by atoms with E-state index in [1.54, 1.807) is 12.1 Å². The highest BCUT2D eigenvalue weighted by molar-refractivity contribution is 5.28. The van der Waals surface area contributed by atoms with Crippen molar-refractivity contribution in [1.82, 2.24) is 0 Å². The zero-order valence-electron chi connectivity index (χ0n) is 9.69. The lowest BCUT2D eigenvalue weighted by Gasteiger charge is -2.22. The maximum Gasteiger partial charge on any atom is 0.165 e. The van der Waals surface area contributed by atoms with Crippen LogP contribution in [0.2, 0.25) is 0 Å². The molecule has 1 atom stereocenters. The molecule has 0 radical (unpaired) electrons. The average Bonchev–Trinajstić information content (AvgIpc) is 2.38. The Morgan fingerprint density at radius 2 is 2.29 bits per heavy atom. The molecule has 1 heterocycles. The molecular weight excluding hydrogens is 223 g/mol. The van der Waals surface area contributed by atoms with Crippen molar-refractivity contribution in [3.8, 4) is 5.75 Å². The van der Waals surface area contributed by atoms with Gasteiger partial charge in [-0.1, -0.05) is 6.07 Å². The topological polar surface area (TPSA) is 38.7 Å². The molecule has 1 aliphatic rings. The fraction of sp³-hybridized carbons (Fsp3) is 0.538. The predicted octanol–water partition coefficient (Wildman–Crippen LogP) is 2.27. The molecule has 0 spiro atoms. The SMILES string of the molecule is OCc1ccc(OCC2CCCCO2)c(F)c1. The summed E-state index contributed by atoms with van der Waals surface area (Å²) in [7, 11) is 0. The van der Waals surface area contributed by atoms with Crippen LogP contribution < -0.4 is 4.74 Å². The summed E-state index contributed by atoms with van der Waals surface area (Å²) in [6.07, 6.45) is 3.27. The van der Waals surface area contributed by atoms with Gasteiger partial charge in [0.2, 0.25) is 0 Å². The van der Waals surface area contributed by atoms with Crippen LogP contribution in [0.15, 0.2) is 18.2 Å². The van der Waals surface area contributed by atoms with Gasteiger partial charge in [0.25, 0.3) is 0 Å². The van der Waals surface area contributed by atoms with Crippen LogP contribution in [-0.2, 0) is 11.3 Å². The lowest BCUT2D eigenvalue weighted by Crippen LogP contribution is -2.26. The van der Waals surface area contributed by atoms with Crippen molar-refractivity contribution in [3.05, 3.63) is 29.6 Å². The lowest BCUT2D eigenvalue weighted by atomic mass is 10.1. The third-order valence-corrected chi connectivity index (χ3v) is 2.88. The molecule has 1 fully saturated rings. The van der Waals surface area contributed by atoms with Crippen molar-refractivity contribution in [2.75, 3.05) is 13.2 Å². The molecule has 4 heteroatoms. The van der Waals surface area contributed by atoms with Crippen LogP contribution in [-0.4, -0.2) is 24.4 Å². The molecule has 0 aliphatic carbocycles. The van der Waals surface area contributed by atoms with Crippen LogP contribution >= 0.6 is 0 Å². The van der Waals surface area contributed by atoms with Crippen molar-refractivity contribution >= 4 is 0 Å². The van der Waals surface area contributed by atoms with Gasteiger partial charge in [0, 0.05) is 6.61 Å². The maximum atomic E-state index is 13.5. The van der Waals surface area contributed by atoms with Gasteiger partial charge >= 0.3 is 0 Å². The molecule has 0 bridgehead atoms. The summed E-state index contributed by atoms with van der Waals surface area (Å²) in [6.45, 7) is 0.984. The Bertz CT molecular complexity index is 362. The second kappa shape index (κ2) is 5.98. The van der Waals surface area contributed by atoms with E-state index in [0.717, 1.165) is 25.9 Å². The molecule has 0 aromatic heterocycles. The smallest absolute Gasteiger partial charge is 0.165 e. The first-order valence-corrected chi connectivity index (χ1v) is 5.93. The summed E-state index contributed by atoms with van der Waals surface area (Å²) in [5.41, 5.74) is 0.545. The van der Waals surface area contributed by atoms with Crippen LogP contribution in [0.3, 0.4) is 0 Å². The summed E-state index contributed by atoms with van der Waals surface area (Å²) in [5, 5.41) is 8.86. The summed E-state index contributed by atoms with van der Waals surface area (Å²) < 4.78 is 24.4. The van der Waals surface area contributed by atoms with Crippen LogP contribution in [0.4, 0.5) is 4.39 Å². The van der Waals surface area contributed by atoms with Gasteiger partial charge in [0.15, 0.2) is 11.6 Å². The highest BCUT2D eigenvalue weighted by atomic mass is 19.1. The Labute approximate surface area is 100 Å². The van der Waals surface area contributed by atoms with Crippen molar-refractivity contribution < 1.29 is 19.0 Å². The molecular formula is C13H17FO3. The van der Waals surface area contributed by atoms with Crippen molar-refractivity contribution in [2.45, 2.75) is 32.0 Å². The molecule has 1 N–H and O–H groups in total. The first kappa shape index (κ1) is 12.3. The van der Waals surface area contributed by atoms with Crippen LogP contribution in [0.1, 0.15) is 24.8 Å². The molecule has 0 amide bonds. The second-order valence-electron chi connectivity index (χ2n) is 4.22. The Balaban J connectivity index is 1.89. The fourth-order valence-electron chi connectivity index (χ4n) is 1.88. The van der Waals surface area contributed by atoms with Gasteiger partial charge in [-0.25, -0.2) is 4.39 Å². The third kappa shape index (κ3) is 3.41. The van der Waals surface area contributed by atoms with E-state index in [1.165, 1.54) is 6.07 Å². The highest BCUT2D eigenvalue weighted by Crippen LogP contribution is 2.20. The van der Waals surface area contributed by atoms with Gasteiger partial charge in [-0.15, -0.1) is 0 Å². The van der Waals surface area contributed by atoms with E-state index in [4.69, 9.17) is 14.6 Å². The van der Waals surface area contributed by atoms with Crippen molar-refractivity contribution in [3.63, 3.8) is 0 Å². The van der Waals surface area contributed by atoms with Crippen LogP contribution in [0.25, 0.3) is 0 Å². The highest BCUT2D eigenvalue weighted by Gasteiger charge is 2.15. The number of aliphatic hydroxyl groups is 1. The normalized spacial score (nSPS) is 20.2.